The van der Waals surface area contributed by atoms with Crippen LogP contribution >= 0.6 is 0 Å². The number of para-hydroxylation sites is 2. The summed E-state index contributed by atoms with van der Waals surface area (Å²) in [6.45, 7) is 0. The number of carbonyl (C=O) groups is 2. The summed E-state index contributed by atoms with van der Waals surface area (Å²) < 4.78 is 0. The van der Waals surface area contributed by atoms with Crippen LogP contribution in [0.25, 0.3) is 0 Å². The highest BCUT2D eigenvalue weighted by Crippen LogP contribution is 2.32. The zero-order valence-corrected chi connectivity index (χ0v) is 10.4. The molecule has 3 heteroatoms. The van der Waals surface area contributed by atoms with Gasteiger partial charge < -0.3 is 0 Å². The van der Waals surface area contributed by atoms with E-state index in [2.05, 4.69) is 0 Å². The van der Waals surface area contributed by atoms with E-state index in [0.717, 1.165) is 5.69 Å². The van der Waals surface area contributed by atoms with Gasteiger partial charge in [0.15, 0.2) is 5.78 Å². The number of amides is 1. The normalized spacial score (nSPS) is 15.1. The van der Waals surface area contributed by atoms with Crippen molar-refractivity contribution in [2.75, 3.05) is 4.90 Å². The van der Waals surface area contributed by atoms with Gasteiger partial charge >= 0.3 is 0 Å². The SMILES string of the molecule is O=C1CCC(=O)N(c2ccccc2)c2ccccc21. The molecule has 1 heterocycles. The molecular formula is C16H13NO2. The molecular weight excluding hydrogens is 238 g/mol. The van der Waals surface area contributed by atoms with Gasteiger partial charge in [-0.2, -0.15) is 0 Å². The van der Waals surface area contributed by atoms with Crippen molar-refractivity contribution in [1.29, 1.82) is 0 Å². The molecule has 0 atom stereocenters. The maximum absolute atomic E-state index is 12.3. The maximum atomic E-state index is 12.3. The molecule has 0 aromatic heterocycles. The van der Waals surface area contributed by atoms with E-state index in [1.807, 2.05) is 48.5 Å². The average Bonchev–Trinajstić information content (AvgIpc) is 2.58. The summed E-state index contributed by atoms with van der Waals surface area (Å²) in [7, 11) is 0. The zero-order valence-electron chi connectivity index (χ0n) is 10.4. The fourth-order valence-electron chi connectivity index (χ4n) is 2.37. The monoisotopic (exact) mass is 251 g/mol. The lowest BCUT2D eigenvalue weighted by Crippen LogP contribution is -2.24. The first kappa shape index (κ1) is 11.7. The Labute approximate surface area is 111 Å². The summed E-state index contributed by atoms with van der Waals surface area (Å²) in [6.07, 6.45) is 0.529. The minimum atomic E-state index is -0.0375. The number of benzene rings is 2. The number of hydrogen-bond donors (Lipinski definition) is 0. The molecule has 0 N–H and O–H groups in total. The standard InChI is InChI=1S/C16H13NO2/c18-15-10-11-16(19)17(12-6-2-1-3-7-12)14-9-5-4-8-13(14)15/h1-9H,10-11H2. The summed E-state index contributed by atoms with van der Waals surface area (Å²) in [5.74, 6) is -0.00752. The van der Waals surface area contributed by atoms with Gasteiger partial charge in [0, 0.05) is 24.1 Å². The third kappa shape index (κ3) is 2.03. The lowest BCUT2D eigenvalue weighted by atomic mass is 10.1. The molecule has 0 bridgehead atoms. The van der Waals surface area contributed by atoms with Crippen LogP contribution < -0.4 is 4.90 Å². The van der Waals surface area contributed by atoms with Gasteiger partial charge in [-0.1, -0.05) is 30.3 Å². The predicted octanol–water partition coefficient (Wildman–Crippen LogP) is 3.33. The van der Waals surface area contributed by atoms with E-state index in [-0.39, 0.29) is 24.5 Å². The van der Waals surface area contributed by atoms with E-state index >= 15 is 0 Å². The molecule has 0 aliphatic carbocycles. The highest BCUT2D eigenvalue weighted by atomic mass is 16.2. The molecule has 1 aliphatic heterocycles. The predicted molar refractivity (Wildman–Crippen MR) is 73.6 cm³/mol. The van der Waals surface area contributed by atoms with Gasteiger partial charge in [-0.05, 0) is 24.3 Å². The van der Waals surface area contributed by atoms with E-state index in [1.54, 1.807) is 11.0 Å². The summed E-state index contributed by atoms with van der Waals surface area (Å²) in [6, 6.07) is 16.7. The number of rotatable bonds is 1. The number of carbonyl (C=O) groups excluding carboxylic acids is 2. The third-order valence-corrected chi connectivity index (χ3v) is 3.28. The molecule has 94 valence electrons. The molecule has 0 fully saturated rings. The second kappa shape index (κ2) is 4.69. The van der Waals surface area contributed by atoms with E-state index in [9.17, 15) is 9.59 Å². The van der Waals surface area contributed by atoms with Gasteiger partial charge in [0.25, 0.3) is 0 Å². The van der Waals surface area contributed by atoms with Crippen LogP contribution in [0.1, 0.15) is 23.2 Å². The van der Waals surface area contributed by atoms with Gasteiger partial charge in [-0.3, -0.25) is 14.5 Å². The molecule has 0 unspecified atom stereocenters. The second-order valence-electron chi connectivity index (χ2n) is 4.51. The molecule has 3 nitrogen and oxygen atoms in total. The summed E-state index contributed by atoms with van der Waals surface area (Å²) in [5.41, 5.74) is 2.10. The van der Waals surface area contributed by atoms with Crippen LogP contribution in [0.15, 0.2) is 54.6 Å². The van der Waals surface area contributed by atoms with Gasteiger partial charge in [0.05, 0.1) is 5.69 Å². The van der Waals surface area contributed by atoms with Crippen LogP contribution in [-0.2, 0) is 4.79 Å². The first-order valence-electron chi connectivity index (χ1n) is 6.27. The van der Waals surface area contributed by atoms with Crippen molar-refractivity contribution in [2.24, 2.45) is 0 Å². The summed E-state index contributed by atoms with van der Waals surface area (Å²) >= 11 is 0. The smallest absolute Gasteiger partial charge is 0.232 e. The maximum Gasteiger partial charge on any atom is 0.232 e. The molecule has 2 aromatic carbocycles. The fraction of sp³-hybridized carbons (Fsp3) is 0.125. The van der Waals surface area contributed by atoms with Crippen molar-refractivity contribution in [2.45, 2.75) is 12.8 Å². The minimum Gasteiger partial charge on any atom is -0.294 e. The van der Waals surface area contributed by atoms with Gasteiger partial charge in [-0.15, -0.1) is 0 Å². The Morgan fingerprint density at radius 3 is 2.26 bits per heavy atom. The van der Waals surface area contributed by atoms with Crippen LogP contribution in [0.3, 0.4) is 0 Å². The average molecular weight is 251 g/mol. The second-order valence-corrected chi connectivity index (χ2v) is 4.51. The molecule has 19 heavy (non-hydrogen) atoms. The number of hydrogen-bond acceptors (Lipinski definition) is 2. The lowest BCUT2D eigenvalue weighted by Gasteiger charge is -2.22. The minimum absolute atomic E-state index is 0.0300. The number of ketones is 1. The van der Waals surface area contributed by atoms with Crippen molar-refractivity contribution in [3.63, 3.8) is 0 Å². The van der Waals surface area contributed by atoms with Crippen LogP contribution in [0.4, 0.5) is 11.4 Å². The van der Waals surface area contributed by atoms with Crippen molar-refractivity contribution < 1.29 is 9.59 Å². The Kier molecular flexibility index (Phi) is 2.88. The quantitative estimate of drug-likeness (QED) is 0.779. The highest BCUT2D eigenvalue weighted by Gasteiger charge is 2.27. The fourth-order valence-corrected chi connectivity index (χ4v) is 2.37. The van der Waals surface area contributed by atoms with Crippen LogP contribution in [0, 0.1) is 0 Å². The first-order valence-corrected chi connectivity index (χ1v) is 6.27. The van der Waals surface area contributed by atoms with Crippen LogP contribution in [-0.4, -0.2) is 11.7 Å². The number of nitrogens with zero attached hydrogens (tertiary/aromatic N) is 1. The number of fused-ring (bicyclic) bond motifs is 1. The number of anilines is 2. The van der Waals surface area contributed by atoms with Crippen molar-refractivity contribution >= 4 is 23.1 Å². The molecule has 2 aromatic rings. The Hall–Kier alpha value is -2.42. The Morgan fingerprint density at radius 2 is 1.47 bits per heavy atom. The van der Waals surface area contributed by atoms with E-state index in [0.29, 0.717) is 11.3 Å². The number of Topliss-reactive ketones (excluding diaryl/α,β-unsaturated/α-hetero) is 1. The molecule has 0 spiro atoms. The summed E-state index contributed by atoms with van der Waals surface area (Å²) in [4.78, 5) is 26.0. The first-order chi connectivity index (χ1) is 9.27. The van der Waals surface area contributed by atoms with Crippen molar-refractivity contribution in [3.8, 4) is 0 Å². The van der Waals surface area contributed by atoms with Gasteiger partial charge in [0.2, 0.25) is 5.91 Å². The molecule has 0 radical (unpaired) electrons. The van der Waals surface area contributed by atoms with E-state index in [4.69, 9.17) is 0 Å². The Morgan fingerprint density at radius 1 is 0.789 bits per heavy atom. The van der Waals surface area contributed by atoms with Gasteiger partial charge in [-0.25, -0.2) is 0 Å². The van der Waals surface area contributed by atoms with Gasteiger partial charge in [0.1, 0.15) is 0 Å². The molecule has 1 amide bonds. The molecule has 1 aliphatic rings. The van der Waals surface area contributed by atoms with E-state index in [1.165, 1.54) is 0 Å². The lowest BCUT2D eigenvalue weighted by molar-refractivity contribution is -0.117. The summed E-state index contributed by atoms with van der Waals surface area (Å²) in [5, 5.41) is 0. The van der Waals surface area contributed by atoms with Crippen molar-refractivity contribution in [3.05, 3.63) is 60.2 Å². The topological polar surface area (TPSA) is 37.4 Å². The molecule has 0 saturated carbocycles. The Balaban J connectivity index is 2.19. The zero-order chi connectivity index (χ0) is 13.2. The molecule has 3 rings (SSSR count). The van der Waals surface area contributed by atoms with E-state index < -0.39 is 0 Å². The largest absolute Gasteiger partial charge is 0.294 e. The highest BCUT2D eigenvalue weighted by molar-refractivity contribution is 6.12. The van der Waals surface area contributed by atoms with Crippen molar-refractivity contribution in [1.82, 2.24) is 0 Å². The molecule has 0 saturated heterocycles. The third-order valence-electron chi connectivity index (χ3n) is 3.28. The Bertz CT molecular complexity index is 634. The van der Waals surface area contributed by atoms with Crippen LogP contribution in [0.5, 0.6) is 0 Å². The van der Waals surface area contributed by atoms with Crippen LogP contribution in [0.2, 0.25) is 0 Å².